The predicted octanol–water partition coefficient (Wildman–Crippen LogP) is 9.43. The Morgan fingerprint density at radius 3 is 2.40 bits per heavy atom. The second-order valence-corrected chi connectivity index (χ2v) is 24.6. The first-order valence-corrected chi connectivity index (χ1v) is 28.8. The number of para-hydroxylation sites is 1. The Hall–Kier alpha value is -6.27. The molecule has 0 saturated heterocycles. The van der Waals surface area contributed by atoms with E-state index in [1.165, 1.54) is 11.8 Å². The van der Waals surface area contributed by atoms with E-state index in [0.29, 0.717) is 35.9 Å². The molecule has 5 N–H and O–H groups in total. The molecule has 0 radical (unpaired) electrons. The van der Waals surface area contributed by atoms with Crippen molar-refractivity contribution < 1.29 is 32.3 Å². The van der Waals surface area contributed by atoms with Gasteiger partial charge in [0, 0.05) is 19.5 Å². The molecule has 1 aliphatic carbocycles. The molecule has 5 aromatic rings. The highest BCUT2D eigenvalue weighted by molar-refractivity contribution is 7.92. The highest BCUT2D eigenvalue weighted by Gasteiger charge is 2.43. The van der Waals surface area contributed by atoms with Gasteiger partial charge in [-0.2, -0.15) is 4.98 Å². The Kier molecular flexibility index (Phi) is 19.7. The van der Waals surface area contributed by atoms with Gasteiger partial charge in [0.05, 0.1) is 53.5 Å². The largest absolute Gasteiger partial charge is 0.495 e. The van der Waals surface area contributed by atoms with Crippen molar-refractivity contribution in [1.82, 2.24) is 35.7 Å². The minimum atomic E-state index is -3.58. The summed E-state index contributed by atoms with van der Waals surface area (Å²) in [6.07, 6.45) is 8.23. The Bertz CT molecular complexity index is 3000. The van der Waals surface area contributed by atoms with Crippen LogP contribution in [0.15, 0.2) is 90.0 Å². The van der Waals surface area contributed by atoms with E-state index in [0.717, 1.165) is 85.9 Å². The lowest BCUT2D eigenvalue weighted by atomic mass is 9.83. The molecular formula is C59H78ClN9O7S. The zero-order valence-corrected chi connectivity index (χ0v) is 48.0. The van der Waals surface area contributed by atoms with Crippen molar-refractivity contribution in [2.75, 3.05) is 51.5 Å². The SMILES string of the molecule is CN[C@@H](C)C(=O)N[C@H](C(=O)N1Cc2cc(OCCCCCN(C)CCc3cc(OC)c(Nc4ncc(Cl)c(Nc5ccccc5S(=O)(=O)C(C)C)n4)cc3C)ccc2C[C@H]1C(=O)N[C@H]1CCCc2ccccc21)C(C)(C)C. The molecule has 7 rings (SSSR count). The van der Waals surface area contributed by atoms with Gasteiger partial charge in [-0.1, -0.05) is 74.8 Å². The number of nitrogens with zero attached hydrogens (tertiary/aromatic N) is 4. The van der Waals surface area contributed by atoms with Gasteiger partial charge in [-0.25, -0.2) is 13.4 Å². The lowest BCUT2D eigenvalue weighted by Crippen LogP contribution is -2.62. The summed E-state index contributed by atoms with van der Waals surface area (Å²) in [5.41, 5.74) is 6.92. The fourth-order valence-electron chi connectivity index (χ4n) is 9.88. The van der Waals surface area contributed by atoms with Gasteiger partial charge in [0.1, 0.15) is 28.6 Å². The number of rotatable bonds is 23. The third-order valence-electron chi connectivity index (χ3n) is 14.7. The van der Waals surface area contributed by atoms with E-state index in [1.807, 2.05) is 63.2 Å². The Morgan fingerprint density at radius 1 is 0.909 bits per heavy atom. The van der Waals surface area contributed by atoms with Crippen molar-refractivity contribution >= 4 is 62.3 Å². The number of sulfone groups is 1. The number of unbranched alkanes of at least 4 members (excludes halogenated alkanes) is 2. The number of carbonyl (C=O) groups is 3. The average Bonchev–Trinajstić information content (AvgIpc) is 3.41. The van der Waals surface area contributed by atoms with Gasteiger partial charge in [0.2, 0.25) is 23.7 Å². The molecule has 414 valence electrons. The van der Waals surface area contributed by atoms with Crippen molar-refractivity contribution in [1.29, 1.82) is 0 Å². The van der Waals surface area contributed by atoms with Crippen LogP contribution < -0.4 is 36.1 Å². The molecule has 16 nitrogen and oxygen atoms in total. The van der Waals surface area contributed by atoms with E-state index in [2.05, 4.69) is 67.6 Å². The smallest absolute Gasteiger partial charge is 0.246 e. The number of carbonyl (C=O) groups excluding carboxylic acids is 3. The first kappa shape index (κ1) is 58.4. The fraction of sp³-hybridized carbons (Fsp3) is 0.475. The standard InChI is InChI=1S/C59H78ClN9O7S/c1-37(2)77(73,74)52-24-15-14-22-48(52)63-54-46(60)35-62-58(67-54)65-49-31-38(3)41(34-51(49)75-10)27-29-68(9)28-16-11-17-30-76-44-26-25-42-33-50(56(71)64-47-23-18-20-40-19-12-13-21-45(40)47)69(36-43(42)32-44)57(72)53(59(5,6)7)66-55(70)39(4)61-8/h12-15,19,21-22,24-26,31-32,34-35,37,39,47,50,53,61H,11,16-18,20,23,27-30,33,36H2,1-10H3,(H,64,71)(H,66,70)(H2,62,63,65,67)/t39-,47-,50-,53+/m0/s1. The molecule has 0 saturated carbocycles. The molecule has 0 fully saturated rings. The van der Waals surface area contributed by atoms with Crippen LogP contribution in [0.5, 0.6) is 11.5 Å². The number of aryl methyl sites for hydroxylation is 2. The number of aromatic nitrogens is 2. The molecular weight excluding hydrogens is 1010 g/mol. The fourth-order valence-corrected chi connectivity index (χ4v) is 11.2. The Labute approximate surface area is 460 Å². The van der Waals surface area contributed by atoms with E-state index in [-0.39, 0.29) is 52.0 Å². The maximum absolute atomic E-state index is 14.8. The molecule has 0 unspecified atom stereocenters. The van der Waals surface area contributed by atoms with Gasteiger partial charge < -0.3 is 45.9 Å². The molecule has 2 aliphatic rings. The topological polar surface area (TPSA) is 196 Å². The van der Waals surface area contributed by atoms with Crippen LogP contribution in [0.2, 0.25) is 5.02 Å². The minimum Gasteiger partial charge on any atom is -0.495 e. The van der Waals surface area contributed by atoms with Gasteiger partial charge in [-0.3, -0.25) is 14.4 Å². The second kappa shape index (κ2) is 25.9. The number of ether oxygens (including phenoxy) is 2. The van der Waals surface area contributed by atoms with Crippen molar-refractivity contribution in [2.24, 2.45) is 5.41 Å². The first-order valence-electron chi connectivity index (χ1n) is 26.8. The van der Waals surface area contributed by atoms with Gasteiger partial charge in [-0.05, 0) is 168 Å². The van der Waals surface area contributed by atoms with E-state index >= 15 is 0 Å². The number of halogens is 1. The zero-order chi connectivity index (χ0) is 55.6. The van der Waals surface area contributed by atoms with E-state index in [9.17, 15) is 22.8 Å². The second-order valence-electron chi connectivity index (χ2n) is 21.8. The van der Waals surface area contributed by atoms with Gasteiger partial charge in [-0.15, -0.1) is 0 Å². The van der Waals surface area contributed by atoms with Crippen LogP contribution in [-0.4, -0.2) is 110 Å². The summed E-state index contributed by atoms with van der Waals surface area (Å²) < 4.78 is 38.3. The van der Waals surface area contributed by atoms with E-state index in [4.69, 9.17) is 21.1 Å². The number of hydrogen-bond donors (Lipinski definition) is 5. The molecule has 0 spiro atoms. The number of hydrogen-bond acceptors (Lipinski definition) is 13. The number of nitrogens with one attached hydrogen (secondary N) is 5. The monoisotopic (exact) mass is 1090 g/mol. The highest BCUT2D eigenvalue weighted by Crippen LogP contribution is 2.36. The summed E-state index contributed by atoms with van der Waals surface area (Å²) in [5.74, 6) is 1.08. The summed E-state index contributed by atoms with van der Waals surface area (Å²) >= 11 is 6.50. The van der Waals surface area contributed by atoms with Gasteiger partial charge in [0.15, 0.2) is 15.7 Å². The molecule has 0 bridgehead atoms. The summed E-state index contributed by atoms with van der Waals surface area (Å²) in [4.78, 5) is 55.6. The van der Waals surface area contributed by atoms with Crippen LogP contribution in [-0.2, 0) is 50.0 Å². The first-order chi connectivity index (χ1) is 36.7. The molecule has 1 aromatic heterocycles. The van der Waals surface area contributed by atoms with Crippen LogP contribution >= 0.6 is 11.6 Å². The van der Waals surface area contributed by atoms with E-state index in [1.54, 1.807) is 64.1 Å². The highest BCUT2D eigenvalue weighted by atomic mass is 35.5. The number of fused-ring (bicyclic) bond motifs is 2. The minimum absolute atomic E-state index is 0.142. The summed E-state index contributed by atoms with van der Waals surface area (Å²) in [5, 5.41) is 15.3. The quantitative estimate of drug-likeness (QED) is 0.0389. The Morgan fingerprint density at radius 2 is 1.66 bits per heavy atom. The van der Waals surface area contributed by atoms with Crippen LogP contribution in [0.4, 0.5) is 23.1 Å². The summed E-state index contributed by atoms with van der Waals surface area (Å²) in [6.45, 7) is 15.4. The predicted molar refractivity (Wildman–Crippen MR) is 305 cm³/mol. The molecule has 1 aliphatic heterocycles. The van der Waals surface area contributed by atoms with Crippen molar-refractivity contribution in [3.63, 3.8) is 0 Å². The maximum atomic E-state index is 14.8. The van der Waals surface area contributed by atoms with Crippen LogP contribution in [0.1, 0.15) is 113 Å². The lowest BCUT2D eigenvalue weighted by molar-refractivity contribution is -0.147. The van der Waals surface area contributed by atoms with Crippen LogP contribution in [0.3, 0.4) is 0 Å². The average molecular weight is 1090 g/mol. The third-order valence-corrected chi connectivity index (χ3v) is 17.2. The van der Waals surface area contributed by atoms with Gasteiger partial charge >= 0.3 is 0 Å². The number of methoxy groups -OCH3 is 1. The van der Waals surface area contributed by atoms with Crippen molar-refractivity contribution in [2.45, 2.75) is 141 Å². The maximum Gasteiger partial charge on any atom is 0.246 e. The summed E-state index contributed by atoms with van der Waals surface area (Å²) in [7, 11) is 1.87. The molecule has 18 heteroatoms. The van der Waals surface area contributed by atoms with Crippen molar-refractivity contribution in [3.05, 3.63) is 123 Å². The molecule has 4 atom stereocenters. The zero-order valence-electron chi connectivity index (χ0n) is 46.4. The number of benzene rings is 4. The number of anilines is 4. The third kappa shape index (κ3) is 14.7. The molecule has 77 heavy (non-hydrogen) atoms. The Balaban J connectivity index is 0.920. The van der Waals surface area contributed by atoms with Crippen LogP contribution in [0, 0.1) is 12.3 Å². The lowest BCUT2D eigenvalue weighted by Gasteiger charge is -2.41. The normalized spacial score (nSPS) is 16.2. The number of amides is 3. The molecule has 2 heterocycles. The van der Waals surface area contributed by atoms with Crippen molar-refractivity contribution in [3.8, 4) is 11.5 Å². The van der Waals surface area contributed by atoms with Crippen LogP contribution in [0.25, 0.3) is 0 Å². The molecule has 3 amide bonds. The van der Waals surface area contributed by atoms with E-state index < -0.39 is 38.6 Å². The molecule has 4 aromatic carbocycles. The summed E-state index contributed by atoms with van der Waals surface area (Å²) in [6, 6.07) is 22.6. The number of likely N-dealkylation sites (N-methyl/N-ethyl adjacent to an activating group) is 2. The van der Waals surface area contributed by atoms with Gasteiger partial charge in [0.25, 0.3) is 0 Å².